The lowest BCUT2D eigenvalue weighted by Gasteiger charge is -2.60. The molecule has 0 unspecified atom stereocenters. The molecule has 0 aliphatic heterocycles. The smallest absolute Gasteiger partial charge is 0.0574 e. The molecule has 0 aromatic carbocycles. The molecule has 0 saturated heterocycles. The first-order valence-electron chi connectivity index (χ1n) is 9.27. The number of nitrogens with zero attached hydrogens (tertiary/aromatic N) is 1. The first-order valence-corrected chi connectivity index (χ1v) is 9.27. The molecule has 21 heavy (non-hydrogen) atoms. The first-order chi connectivity index (χ1) is 10.1. The van der Waals surface area contributed by atoms with Gasteiger partial charge in [0.25, 0.3) is 0 Å². The minimum Gasteiger partial charge on any atom is -0.411 e. The Morgan fingerprint density at radius 3 is 2.67 bits per heavy atom. The van der Waals surface area contributed by atoms with Crippen LogP contribution in [-0.4, -0.2) is 10.9 Å². The topological polar surface area (TPSA) is 32.6 Å². The van der Waals surface area contributed by atoms with E-state index in [0.717, 1.165) is 42.2 Å². The van der Waals surface area contributed by atoms with Gasteiger partial charge in [-0.25, -0.2) is 0 Å². The van der Waals surface area contributed by atoms with Gasteiger partial charge in [0.1, 0.15) is 0 Å². The second kappa shape index (κ2) is 4.73. The predicted molar refractivity (Wildman–Crippen MR) is 85.6 cm³/mol. The van der Waals surface area contributed by atoms with Gasteiger partial charge in [0.05, 0.1) is 5.71 Å². The summed E-state index contributed by atoms with van der Waals surface area (Å²) in [6, 6.07) is 0. The fourth-order valence-electron chi connectivity index (χ4n) is 7.14. The van der Waals surface area contributed by atoms with E-state index in [9.17, 15) is 0 Å². The van der Waals surface area contributed by atoms with Crippen LogP contribution in [0.5, 0.6) is 0 Å². The fourth-order valence-corrected chi connectivity index (χ4v) is 7.14. The zero-order chi connectivity index (χ0) is 14.7. The zero-order valence-corrected chi connectivity index (χ0v) is 13.8. The number of rotatable bonds is 0. The molecule has 4 fully saturated rings. The molecule has 0 amide bonds. The quantitative estimate of drug-likeness (QED) is 0.479. The molecule has 4 aliphatic carbocycles. The van der Waals surface area contributed by atoms with E-state index in [4.69, 9.17) is 5.21 Å². The average molecular weight is 289 g/mol. The summed E-state index contributed by atoms with van der Waals surface area (Å²) in [6.07, 6.45) is 13.6. The molecule has 4 aliphatic rings. The maximum absolute atomic E-state index is 9.14. The van der Waals surface area contributed by atoms with Gasteiger partial charge >= 0.3 is 0 Å². The normalized spacial score (nSPS) is 54.9. The third kappa shape index (κ3) is 1.93. The van der Waals surface area contributed by atoms with Gasteiger partial charge in [-0.05, 0) is 92.3 Å². The molecule has 0 radical (unpaired) electrons. The molecule has 2 heteroatoms. The van der Waals surface area contributed by atoms with Crippen LogP contribution < -0.4 is 0 Å². The lowest BCUT2D eigenvalue weighted by atomic mass is 9.45. The molecule has 0 aromatic rings. The van der Waals surface area contributed by atoms with Crippen molar-refractivity contribution in [3.8, 4) is 0 Å². The van der Waals surface area contributed by atoms with Crippen LogP contribution in [0.1, 0.15) is 78.1 Å². The van der Waals surface area contributed by atoms with E-state index >= 15 is 0 Å². The summed E-state index contributed by atoms with van der Waals surface area (Å²) in [5.74, 6) is 3.75. The molecule has 4 saturated carbocycles. The highest BCUT2D eigenvalue weighted by Crippen LogP contribution is 2.65. The lowest BCUT2D eigenvalue weighted by molar-refractivity contribution is -0.0921. The van der Waals surface area contributed by atoms with Crippen molar-refractivity contribution in [3.63, 3.8) is 0 Å². The Morgan fingerprint density at radius 2 is 1.86 bits per heavy atom. The van der Waals surface area contributed by atoms with Gasteiger partial charge in [-0.3, -0.25) is 0 Å². The Kier molecular flexibility index (Phi) is 3.17. The maximum atomic E-state index is 9.14. The Labute approximate surface area is 129 Å². The second-order valence-electron chi connectivity index (χ2n) is 9.11. The van der Waals surface area contributed by atoms with Gasteiger partial charge in [0.15, 0.2) is 0 Å². The van der Waals surface area contributed by atoms with Crippen molar-refractivity contribution >= 4 is 5.71 Å². The van der Waals surface area contributed by atoms with E-state index in [0.29, 0.717) is 10.8 Å². The summed E-state index contributed by atoms with van der Waals surface area (Å²) >= 11 is 0. The molecule has 0 spiro atoms. The third-order valence-electron chi connectivity index (χ3n) is 8.42. The van der Waals surface area contributed by atoms with E-state index in [2.05, 4.69) is 19.0 Å². The number of fused-ring (bicyclic) bond motifs is 5. The summed E-state index contributed by atoms with van der Waals surface area (Å²) in [5, 5.41) is 12.7. The Morgan fingerprint density at radius 1 is 1.00 bits per heavy atom. The number of oxime groups is 1. The zero-order valence-electron chi connectivity index (χ0n) is 13.8. The third-order valence-corrected chi connectivity index (χ3v) is 8.42. The largest absolute Gasteiger partial charge is 0.411 e. The number of hydrogen-bond donors (Lipinski definition) is 1. The van der Waals surface area contributed by atoms with E-state index in [1.807, 2.05) is 0 Å². The second-order valence-corrected chi connectivity index (χ2v) is 9.11. The van der Waals surface area contributed by atoms with Crippen molar-refractivity contribution in [1.29, 1.82) is 0 Å². The monoisotopic (exact) mass is 289 g/mol. The highest BCUT2D eigenvalue weighted by atomic mass is 16.4. The van der Waals surface area contributed by atoms with Gasteiger partial charge in [-0.1, -0.05) is 25.4 Å². The maximum Gasteiger partial charge on any atom is 0.0574 e. The van der Waals surface area contributed by atoms with Crippen molar-refractivity contribution in [3.05, 3.63) is 0 Å². The molecule has 0 heterocycles. The fraction of sp³-hybridized carbons (Fsp3) is 0.947. The molecule has 0 bridgehead atoms. The van der Waals surface area contributed by atoms with E-state index in [-0.39, 0.29) is 0 Å². The van der Waals surface area contributed by atoms with E-state index < -0.39 is 0 Å². The summed E-state index contributed by atoms with van der Waals surface area (Å²) in [6.45, 7) is 5.17. The summed E-state index contributed by atoms with van der Waals surface area (Å²) in [7, 11) is 0. The van der Waals surface area contributed by atoms with Crippen molar-refractivity contribution in [1.82, 2.24) is 0 Å². The summed E-state index contributed by atoms with van der Waals surface area (Å²) < 4.78 is 0. The van der Waals surface area contributed by atoms with Crippen LogP contribution in [0.25, 0.3) is 0 Å². The lowest BCUT2D eigenvalue weighted by Crippen LogP contribution is -2.52. The Balaban J connectivity index is 1.61. The van der Waals surface area contributed by atoms with Gasteiger partial charge in [0, 0.05) is 0 Å². The molecule has 1 N–H and O–H groups in total. The SMILES string of the molecule is C[C@@]12CCC[C@H]1[C@@H]1CC[C@H]3C/C(=N\O)CC[C@]3(C)[C@H]1CC2. The van der Waals surface area contributed by atoms with E-state index in [1.165, 1.54) is 51.4 Å². The molecule has 118 valence electrons. The van der Waals surface area contributed by atoms with Crippen molar-refractivity contribution in [2.75, 3.05) is 0 Å². The van der Waals surface area contributed by atoms with Crippen molar-refractivity contribution in [2.45, 2.75) is 78.1 Å². The van der Waals surface area contributed by atoms with Gasteiger partial charge in [-0.15, -0.1) is 0 Å². The Bertz CT molecular complexity index is 458. The van der Waals surface area contributed by atoms with Gasteiger partial charge in [-0.2, -0.15) is 0 Å². The minimum atomic E-state index is 0.529. The van der Waals surface area contributed by atoms with Crippen LogP contribution in [0.2, 0.25) is 0 Å². The molecular weight excluding hydrogens is 258 g/mol. The molecule has 6 atom stereocenters. The van der Waals surface area contributed by atoms with Crippen LogP contribution in [0, 0.1) is 34.5 Å². The average Bonchev–Trinajstić information content (AvgIpc) is 2.88. The molecule has 0 aromatic heterocycles. The van der Waals surface area contributed by atoms with Crippen LogP contribution in [0.3, 0.4) is 0 Å². The first kappa shape index (κ1) is 14.1. The van der Waals surface area contributed by atoms with Crippen molar-refractivity contribution in [2.24, 2.45) is 39.7 Å². The predicted octanol–water partition coefficient (Wildman–Crippen LogP) is 5.25. The van der Waals surface area contributed by atoms with E-state index in [1.54, 1.807) is 0 Å². The van der Waals surface area contributed by atoms with Crippen LogP contribution in [-0.2, 0) is 0 Å². The summed E-state index contributed by atoms with van der Waals surface area (Å²) in [4.78, 5) is 0. The van der Waals surface area contributed by atoms with Crippen LogP contribution >= 0.6 is 0 Å². The standard InChI is InChI=1S/C19H31NO/c1-18-9-3-4-16(18)15-6-5-13-12-14(20-21)7-11-19(13,2)17(15)8-10-18/h13,15-17,21H,3-12H2,1-2H3/b20-14-/t13-,15-,16-,17-,18-,19-/m0/s1. The minimum absolute atomic E-state index is 0.529. The molecular formula is C19H31NO. The highest BCUT2D eigenvalue weighted by Gasteiger charge is 2.57. The van der Waals surface area contributed by atoms with Gasteiger partial charge < -0.3 is 5.21 Å². The highest BCUT2D eigenvalue weighted by molar-refractivity contribution is 5.85. The van der Waals surface area contributed by atoms with Crippen LogP contribution in [0.4, 0.5) is 0 Å². The number of hydrogen-bond acceptors (Lipinski definition) is 2. The van der Waals surface area contributed by atoms with Gasteiger partial charge in [0.2, 0.25) is 0 Å². The molecule has 4 rings (SSSR count). The van der Waals surface area contributed by atoms with Crippen LogP contribution in [0.15, 0.2) is 5.16 Å². The van der Waals surface area contributed by atoms with Crippen molar-refractivity contribution < 1.29 is 5.21 Å². The molecule has 2 nitrogen and oxygen atoms in total. The summed E-state index contributed by atoms with van der Waals surface area (Å²) in [5.41, 5.74) is 2.27. The Hall–Kier alpha value is -0.530.